The van der Waals surface area contributed by atoms with Crippen LogP contribution in [0.25, 0.3) is 0 Å². The van der Waals surface area contributed by atoms with E-state index in [0.717, 1.165) is 22.6 Å². The van der Waals surface area contributed by atoms with Crippen LogP contribution in [0, 0.1) is 26.6 Å². The molecule has 1 unspecified atom stereocenters. The maximum atomic E-state index is 13.2. The molecule has 5 heteroatoms. The van der Waals surface area contributed by atoms with Gasteiger partial charge >= 0.3 is 6.03 Å². The lowest BCUT2D eigenvalue weighted by atomic mass is 10.1. The van der Waals surface area contributed by atoms with E-state index in [0.29, 0.717) is 12.1 Å². The predicted octanol–water partition coefficient (Wildman–Crippen LogP) is 3.90. The Kier molecular flexibility index (Phi) is 4.85. The molecule has 0 aliphatic heterocycles. The highest BCUT2D eigenvalue weighted by molar-refractivity contribution is 5.74. The Morgan fingerprint density at radius 1 is 1.27 bits per heavy atom. The van der Waals surface area contributed by atoms with E-state index >= 15 is 0 Å². The first-order chi connectivity index (χ1) is 10.4. The van der Waals surface area contributed by atoms with Crippen molar-refractivity contribution in [2.75, 3.05) is 0 Å². The smallest absolute Gasteiger partial charge is 0.315 e. The third kappa shape index (κ3) is 3.87. The monoisotopic (exact) mass is 304 g/mol. The minimum atomic E-state index is -0.271. The van der Waals surface area contributed by atoms with Gasteiger partial charge in [0.1, 0.15) is 17.3 Å². The van der Waals surface area contributed by atoms with Gasteiger partial charge in [0, 0.05) is 12.1 Å². The van der Waals surface area contributed by atoms with Gasteiger partial charge < -0.3 is 15.1 Å². The summed E-state index contributed by atoms with van der Waals surface area (Å²) in [5, 5.41) is 5.63. The van der Waals surface area contributed by atoms with Crippen LogP contribution in [0.4, 0.5) is 9.18 Å². The summed E-state index contributed by atoms with van der Waals surface area (Å²) in [4.78, 5) is 11.9. The summed E-state index contributed by atoms with van der Waals surface area (Å²) >= 11 is 0. The van der Waals surface area contributed by atoms with Crippen LogP contribution in [0.2, 0.25) is 0 Å². The SMILES string of the molecule is Cc1cc(C(C)NC(=O)NCc2ccc(F)c(C)c2)c(C)o1. The van der Waals surface area contributed by atoms with Crippen molar-refractivity contribution in [1.29, 1.82) is 0 Å². The Morgan fingerprint density at radius 3 is 2.59 bits per heavy atom. The molecule has 0 aliphatic rings. The van der Waals surface area contributed by atoms with Crippen LogP contribution >= 0.6 is 0 Å². The summed E-state index contributed by atoms with van der Waals surface area (Å²) in [7, 11) is 0. The molecule has 2 aromatic rings. The van der Waals surface area contributed by atoms with Gasteiger partial charge in [-0.2, -0.15) is 0 Å². The number of benzene rings is 1. The van der Waals surface area contributed by atoms with Crippen molar-refractivity contribution in [1.82, 2.24) is 10.6 Å². The van der Waals surface area contributed by atoms with Crippen molar-refractivity contribution >= 4 is 6.03 Å². The molecule has 0 radical (unpaired) electrons. The van der Waals surface area contributed by atoms with Gasteiger partial charge in [-0.25, -0.2) is 9.18 Å². The summed E-state index contributed by atoms with van der Waals surface area (Å²) in [5.41, 5.74) is 2.39. The highest BCUT2D eigenvalue weighted by Crippen LogP contribution is 2.20. The summed E-state index contributed by atoms with van der Waals surface area (Å²) < 4.78 is 18.7. The summed E-state index contributed by atoms with van der Waals surface area (Å²) in [6.07, 6.45) is 0. The highest BCUT2D eigenvalue weighted by atomic mass is 19.1. The highest BCUT2D eigenvalue weighted by Gasteiger charge is 2.14. The standard InChI is InChI=1S/C17H21FN2O2/c1-10-7-14(5-6-16(10)18)9-19-17(21)20-12(3)15-8-11(2)22-13(15)4/h5-8,12H,9H2,1-4H3,(H2,19,20,21). The molecule has 1 aromatic carbocycles. The molecule has 0 spiro atoms. The quantitative estimate of drug-likeness (QED) is 0.900. The number of hydrogen-bond donors (Lipinski definition) is 2. The number of halogens is 1. The number of urea groups is 1. The molecule has 1 heterocycles. The van der Waals surface area contributed by atoms with Crippen LogP contribution in [-0.4, -0.2) is 6.03 Å². The fourth-order valence-corrected chi connectivity index (χ4v) is 2.40. The maximum absolute atomic E-state index is 13.2. The van der Waals surface area contributed by atoms with Gasteiger partial charge in [0.05, 0.1) is 6.04 Å². The van der Waals surface area contributed by atoms with Gasteiger partial charge in [-0.15, -0.1) is 0 Å². The summed E-state index contributed by atoms with van der Waals surface area (Å²) in [6.45, 7) is 7.70. The third-order valence-electron chi connectivity index (χ3n) is 3.57. The van der Waals surface area contributed by atoms with Crippen molar-refractivity contribution in [3.63, 3.8) is 0 Å². The lowest BCUT2D eigenvalue weighted by Gasteiger charge is -2.14. The molecular formula is C17H21FN2O2. The lowest BCUT2D eigenvalue weighted by molar-refractivity contribution is 0.237. The Labute approximate surface area is 129 Å². The minimum absolute atomic E-state index is 0.146. The van der Waals surface area contributed by atoms with Crippen LogP contribution in [-0.2, 0) is 6.54 Å². The van der Waals surface area contributed by atoms with E-state index in [4.69, 9.17) is 4.42 Å². The number of rotatable bonds is 4. The maximum Gasteiger partial charge on any atom is 0.315 e. The second-order valence-electron chi connectivity index (χ2n) is 5.50. The first kappa shape index (κ1) is 16.1. The molecule has 0 fully saturated rings. The first-order valence-corrected chi connectivity index (χ1v) is 7.23. The number of hydrogen-bond acceptors (Lipinski definition) is 2. The van der Waals surface area contributed by atoms with Gasteiger partial charge in [0.15, 0.2) is 0 Å². The molecule has 1 aromatic heterocycles. The molecule has 118 valence electrons. The van der Waals surface area contributed by atoms with E-state index in [9.17, 15) is 9.18 Å². The minimum Gasteiger partial charge on any atom is -0.466 e. The van der Waals surface area contributed by atoms with Crippen LogP contribution in [0.15, 0.2) is 28.7 Å². The van der Waals surface area contributed by atoms with E-state index in [1.807, 2.05) is 26.8 Å². The van der Waals surface area contributed by atoms with Crippen molar-refractivity contribution in [2.45, 2.75) is 40.3 Å². The van der Waals surface area contributed by atoms with Gasteiger partial charge in [-0.1, -0.05) is 12.1 Å². The number of aryl methyl sites for hydroxylation is 3. The van der Waals surface area contributed by atoms with Crippen molar-refractivity contribution in [3.05, 3.63) is 58.3 Å². The molecule has 22 heavy (non-hydrogen) atoms. The summed E-state index contributed by atoms with van der Waals surface area (Å²) in [6, 6.07) is 6.30. The van der Waals surface area contributed by atoms with Crippen LogP contribution in [0.5, 0.6) is 0 Å². The van der Waals surface area contributed by atoms with Crippen LogP contribution < -0.4 is 10.6 Å². The van der Waals surface area contributed by atoms with E-state index in [-0.39, 0.29) is 17.9 Å². The predicted molar refractivity (Wildman–Crippen MR) is 83.1 cm³/mol. The number of carbonyl (C=O) groups excluding carboxylic acids is 1. The molecule has 0 aliphatic carbocycles. The van der Waals surface area contributed by atoms with Crippen molar-refractivity contribution in [2.24, 2.45) is 0 Å². The Bertz CT molecular complexity index is 679. The van der Waals surface area contributed by atoms with E-state index in [1.54, 1.807) is 19.1 Å². The normalized spacial score (nSPS) is 12.0. The van der Waals surface area contributed by atoms with E-state index in [1.165, 1.54) is 6.07 Å². The fourth-order valence-electron chi connectivity index (χ4n) is 2.40. The molecule has 0 saturated heterocycles. The van der Waals surface area contributed by atoms with Crippen molar-refractivity contribution in [3.8, 4) is 0 Å². The van der Waals surface area contributed by atoms with Gasteiger partial charge in [-0.05, 0) is 51.0 Å². The van der Waals surface area contributed by atoms with Gasteiger partial charge in [0.25, 0.3) is 0 Å². The van der Waals surface area contributed by atoms with E-state index in [2.05, 4.69) is 10.6 Å². The Morgan fingerprint density at radius 2 is 2.00 bits per heavy atom. The molecule has 2 amide bonds. The average molecular weight is 304 g/mol. The van der Waals surface area contributed by atoms with Gasteiger partial charge in [0.2, 0.25) is 0 Å². The summed E-state index contributed by atoms with van der Waals surface area (Å²) in [5.74, 6) is 1.38. The number of carbonyl (C=O) groups is 1. The van der Waals surface area contributed by atoms with Crippen molar-refractivity contribution < 1.29 is 13.6 Å². The zero-order chi connectivity index (χ0) is 16.3. The molecule has 4 nitrogen and oxygen atoms in total. The van der Waals surface area contributed by atoms with Crippen LogP contribution in [0.1, 0.15) is 41.2 Å². The zero-order valence-corrected chi connectivity index (χ0v) is 13.3. The molecule has 2 N–H and O–H groups in total. The molecular weight excluding hydrogens is 283 g/mol. The van der Waals surface area contributed by atoms with Gasteiger partial charge in [-0.3, -0.25) is 0 Å². The number of nitrogens with one attached hydrogen (secondary N) is 2. The second-order valence-corrected chi connectivity index (χ2v) is 5.50. The first-order valence-electron chi connectivity index (χ1n) is 7.23. The van der Waals surface area contributed by atoms with E-state index < -0.39 is 0 Å². The largest absolute Gasteiger partial charge is 0.466 e. The topological polar surface area (TPSA) is 54.3 Å². The second kappa shape index (κ2) is 6.64. The van der Waals surface area contributed by atoms with Crippen LogP contribution in [0.3, 0.4) is 0 Å². The number of amides is 2. The average Bonchev–Trinajstić information content (AvgIpc) is 2.79. The molecule has 0 saturated carbocycles. The third-order valence-corrected chi connectivity index (χ3v) is 3.57. The zero-order valence-electron chi connectivity index (χ0n) is 13.3. The molecule has 2 rings (SSSR count). The molecule has 0 bridgehead atoms. The lowest BCUT2D eigenvalue weighted by Crippen LogP contribution is -2.36. The molecule has 1 atom stereocenters. The number of furan rings is 1. The fraction of sp³-hybridized carbons (Fsp3) is 0.353. The Hall–Kier alpha value is -2.30. The Balaban J connectivity index is 1.90.